The van der Waals surface area contributed by atoms with Crippen LogP contribution in [0.5, 0.6) is 0 Å². The maximum atomic E-state index is 11.1. The number of para-hydroxylation sites is 1. The number of carbonyl (C=O) groups excluding carboxylic acids is 1. The number of aryl methyl sites for hydroxylation is 1. The van der Waals surface area contributed by atoms with E-state index in [9.17, 15) is 34.8 Å². The van der Waals surface area contributed by atoms with Crippen molar-refractivity contribution in [3.8, 4) is 0 Å². The molecule has 1 aliphatic rings. The van der Waals surface area contributed by atoms with Gasteiger partial charge in [0.25, 0.3) is 5.79 Å². The van der Waals surface area contributed by atoms with Gasteiger partial charge < -0.3 is 45.1 Å². The van der Waals surface area contributed by atoms with Gasteiger partial charge in [-0.3, -0.25) is 4.79 Å². The number of hydrogen-bond donors (Lipinski definition) is 7. The second kappa shape index (κ2) is 10.8. The van der Waals surface area contributed by atoms with Crippen molar-refractivity contribution in [2.24, 2.45) is 0 Å². The summed E-state index contributed by atoms with van der Waals surface area (Å²) in [6, 6.07) is 7.75. The largest absolute Gasteiger partial charge is 0.477 e. The number of fused-ring (bicyclic) bond motifs is 1. The molecule has 1 saturated heterocycles. The van der Waals surface area contributed by atoms with E-state index in [-0.39, 0.29) is 5.63 Å². The molecule has 7 N–H and O–H groups in total. The Morgan fingerprint density at radius 1 is 1.27 bits per heavy atom. The Morgan fingerprint density at radius 2 is 1.91 bits per heavy atom. The van der Waals surface area contributed by atoms with Crippen molar-refractivity contribution in [3.63, 3.8) is 0 Å². The van der Waals surface area contributed by atoms with Gasteiger partial charge in [-0.2, -0.15) is 0 Å². The van der Waals surface area contributed by atoms with E-state index < -0.39 is 61.1 Å². The molecule has 0 radical (unpaired) electrons. The maximum absolute atomic E-state index is 11.1. The summed E-state index contributed by atoms with van der Waals surface area (Å²) in [4.78, 5) is 33.0. The molecule has 0 spiro atoms. The van der Waals surface area contributed by atoms with Crippen LogP contribution in [0.1, 0.15) is 18.9 Å². The molecule has 1 unspecified atom stereocenters. The first-order valence-electron chi connectivity index (χ1n) is 9.95. The predicted molar refractivity (Wildman–Crippen MR) is 112 cm³/mol. The first-order valence-corrected chi connectivity index (χ1v) is 9.95. The summed E-state index contributed by atoms with van der Waals surface area (Å²) < 4.78 is 9.85. The second-order valence-electron chi connectivity index (χ2n) is 7.65. The number of carboxylic acid groups (broad SMARTS) is 1. The first kappa shape index (κ1) is 26.4. The van der Waals surface area contributed by atoms with Gasteiger partial charge in [0.2, 0.25) is 5.91 Å². The molecular formula is C21H27NO11. The van der Waals surface area contributed by atoms with Gasteiger partial charge in [0, 0.05) is 24.8 Å². The molecule has 3 rings (SSSR count). The Morgan fingerprint density at radius 3 is 2.48 bits per heavy atom. The zero-order valence-electron chi connectivity index (χ0n) is 17.9. The minimum Gasteiger partial charge on any atom is -0.477 e. The number of carbonyl (C=O) groups is 2. The fourth-order valence-corrected chi connectivity index (χ4v) is 3.41. The van der Waals surface area contributed by atoms with E-state index in [0.717, 1.165) is 17.9 Å². The van der Waals surface area contributed by atoms with E-state index in [1.165, 1.54) is 6.07 Å². The third-order valence-electron chi connectivity index (χ3n) is 5.06. The van der Waals surface area contributed by atoms with Gasteiger partial charge in [-0.25, -0.2) is 9.59 Å². The third-order valence-corrected chi connectivity index (χ3v) is 5.06. The number of amides is 1. The maximum Gasteiger partial charge on any atom is 0.364 e. The number of carboxylic acids is 1. The number of aliphatic hydroxyl groups excluding tert-OH is 4. The third kappa shape index (κ3) is 6.35. The van der Waals surface area contributed by atoms with Crippen molar-refractivity contribution >= 4 is 22.8 Å². The van der Waals surface area contributed by atoms with Crippen LogP contribution in [-0.2, 0) is 14.3 Å². The predicted octanol–water partition coefficient (Wildman–Crippen LogP) is -1.77. The monoisotopic (exact) mass is 469 g/mol. The molecule has 0 saturated carbocycles. The van der Waals surface area contributed by atoms with Crippen molar-refractivity contribution in [1.29, 1.82) is 0 Å². The quantitative estimate of drug-likeness (QED) is 0.244. The van der Waals surface area contributed by atoms with Crippen LogP contribution in [0.15, 0.2) is 39.5 Å². The first-order chi connectivity index (χ1) is 15.4. The summed E-state index contributed by atoms with van der Waals surface area (Å²) in [6.07, 6.45) is -7.48. The lowest BCUT2D eigenvalue weighted by atomic mass is 9.88. The van der Waals surface area contributed by atoms with Crippen LogP contribution in [-0.4, -0.2) is 85.4 Å². The number of ether oxygens (including phenoxy) is 1. The highest BCUT2D eigenvalue weighted by atomic mass is 16.7. The standard InChI is InChI=1S/C11H19NO9.C10H8O2/c1-4(14)12-7-5(15)2-11(20,10(18)19)21-9(7)8(17)6(16)3-13;1-7-6-10(11)12-9-5-3-2-4-8(7)9/h5-9,13,15-17,20H,2-3H2,1H3,(H,12,14)(H,18,19);2-6H,1H3/t5-,6+,7+,8+,9+,11?;/m0./s1. The SMILES string of the molecule is CC(=O)N[C@H]1[C@H]([C@H](O)[C@H](O)CO)OC(O)(C(=O)O)C[C@@H]1O.Cc1cc(=O)oc2ccccc12. The summed E-state index contributed by atoms with van der Waals surface area (Å²) in [6.45, 7) is 2.16. The minimum absolute atomic E-state index is 0.286. The van der Waals surface area contributed by atoms with Crippen molar-refractivity contribution in [3.05, 3.63) is 46.3 Å². The van der Waals surface area contributed by atoms with Crippen LogP contribution >= 0.6 is 0 Å². The molecule has 2 aromatic rings. The Balaban J connectivity index is 0.000000268. The molecular weight excluding hydrogens is 442 g/mol. The van der Waals surface area contributed by atoms with Gasteiger partial charge in [0.15, 0.2) is 0 Å². The smallest absolute Gasteiger partial charge is 0.364 e. The molecule has 33 heavy (non-hydrogen) atoms. The summed E-state index contributed by atoms with van der Waals surface area (Å²) in [7, 11) is 0. The molecule has 0 aliphatic carbocycles. The molecule has 12 nitrogen and oxygen atoms in total. The molecule has 12 heteroatoms. The van der Waals surface area contributed by atoms with Gasteiger partial charge in [-0.05, 0) is 18.6 Å². The van der Waals surface area contributed by atoms with Gasteiger partial charge in [-0.1, -0.05) is 18.2 Å². The van der Waals surface area contributed by atoms with Gasteiger partial charge in [0.1, 0.15) is 23.9 Å². The van der Waals surface area contributed by atoms with Crippen molar-refractivity contribution in [1.82, 2.24) is 5.32 Å². The molecule has 2 heterocycles. The van der Waals surface area contributed by atoms with E-state index >= 15 is 0 Å². The van der Waals surface area contributed by atoms with Crippen molar-refractivity contribution in [2.75, 3.05) is 6.61 Å². The Labute approximate surface area is 187 Å². The van der Waals surface area contributed by atoms with E-state index in [1.807, 2.05) is 25.1 Å². The Hall–Kier alpha value is -2.87. The van der Waals surface area contributed by atoms with Gasteiger partial charge in [-0.15, -0.1) is 0 Å². The van der Waals surface area contributed by atoms with E-state index in [2.05, 4.69) is 5.32 Å². The van der Waals surface area contributed by atoms with Gasteiger partial charge >= 0.3 is 11.6 Å². The average Bonchev–Trinajstić information content (AvgIpc) is 2.74. The highest BCUT2D eigenvalue weighted by Gasteiger charge is 2.53. The zero-order chi connectivity index (χ0) is 24.9. The lowest BCUT2D eigenvalue weighted by Gasteiger charge is -2.44. The molecule has 182 valence electrons. The van der Waals surface area contributed by atoms with E-state index in [4.69, 9.17) is 19.4 Å². The van der Waals surface area contributed by atoms with Crippen LogP contribution in [0.25, 0.3) is 11.0 Å². The second-order valence-corrected chi connectivity index (χ2v) is 7.65. The summed E-state index contributed by atoms with van der Waals surface area (Å²) >= 11 is 0. The Kier molecular flexibility index (Phi) is 8.66. The number of rotatable bonds is 5. The lowest BCUT2D eigenvalue weighted by molar-refractivity contribution is -0.295. The Bertz CT molecular complexity index is 1040. The summed E-state index contributed by atoms with van der Waals surface area (Å²) in [5, 5.41) is 59.9. The molecule has 1 aromatic carbocycles. The molecule has 1 fully saturated rings. The van der Waals surface area contributed by atoms with E-state index in [1.54, 1.807) is 6.07 Å². The average molecular weight is 469 g/mol. The van der Waals surface area contributed by atoms with E-state index in [0.29, 0.717) is 5.58 Å². The van der Waals surface area contributed by atoms with Crippen LogP contribution in [0.3, 0.4) is 0 Å². The number of nitrogens with one attached hydrogen (secondary N) is 1. The minimum atomic E-state index is -2.78. The fraction of sp³-hybridized carbons (Fsp3) is 0.476. The topological polar surface area (TPSA) is 207 Å². The number of benzene rings is 1. The van der Waals surface area contributed by atoms with Crippen molar-refractivity contribution in [2.45, 2.75) is 56.5 Å². The number of hydrogen-bond acceptors (Lipinski definition) is 10. The lowest BCUT2D eigenvalue weighted by Crippen LogP contribution is -2.67. The molecule has 1 aliphatic heterocycles. The highest BCUT2D eigenvalue weighted by molar-refractivity contribution is 5.79. The molecule has 6 atom stereocenters. The van der Waals surface area contributed by atoms with Crippen LogP contribution in [0, 0.1) is 6.92 Å². The normalized spacial score (nSPS) is 26.6. The van der Waals surface area contributed by atoms with Crippen LogP contribution < -0.4 is 10.9 Å². The zero-order valence-corrected chi connectivity index (χ0v) is 17.9. The van der Waals surface area contributed by atoms with Gasteiger partial charge in [0.05, 0.1) is 18.8 Å². The molecule has 0 bridgehead atoms. The molecule has 1 aromatic heterocycles. The summed E-state index contributed by atoms with van der Waals surface area (Å²) in [5.41, 5.74) is 1.33. The summed E-state index contributed by atoms with van der Waals surface area (Å²) in [5.74, 6) is -5.17. The highest BCUT2D eigenvalue weighted by Crippen LogP contribution is 2.30. The number of aliphatic carboxylic acids is 1. The van der Waals surface area contributed by atoms with Crippen LogP contribution in [0.4, 0.5) is 0 Å². The molecule has 1 amide bonds. The fourth-order valence-electron chi connectivity index (χ4n) is 3.41. The van der Waals surface area contributed by atoms with Crippen LogP contribution in [0.2, 0.25) is 0 Å². The van der Waals surface area contributed by atoms with Crippen molar-refractivity contribution < 1.29 is 49.4 Å². The number of aliphatic hydroxyl groups is 5.